The van der Waals surface area contributed by atoms with Crippen LogP contribution >= 0.6 is 11.8 Å². The van der Waals surface area contributed by atoms with E-state index in [0.29, 0.717) is 35.3 Å². The van der Waals surface area contributed by atoms with Crippen LogP contribution in [0.2, 0.25) is 0 Å². The van der Waals surface area contributed by atoms with E-state index in [-0.39, 0.29) is 18.6 Å². The second kappa shape index (κ2) is 9.71. The summed E-state index contributed by atoms with van der Waals surface area (Å²) in [6.07, 6.45) is -0.0811. The fraction of sp³-hybridized carbons (Fsp3) is 0.600. The summed E-state index contributed by atoms with van der Waals surface area (Å²) in [6, 6.07) is 6.72. The van der Waals surface area contributed by atoms with Crippen LogP contribution in [0.1, 0.15) is 61.8 Å². The lowest BCUT2D eigenvalue weighted by Crippen LogP contribution is -2.50. The molecule has 1 aliphatic carbocycles. The molecule has 1 saturated carbocycles. The summed E-state index contributed by atoms with van der Waals surface area (Å²) in [6.45, 7) is 3.30. The summed E-state index contributed by atoms with van der Waals surface area (Å²) in [4.78, 5) is 27.0. The Morgan fingerprint density at radius 2 is 1.91 bits per heavy atom. The van der Waals surface area contributed by atoms with Crippen LogP contribution in [0.4, 0.5) is 8.78 Å². The Balaban J connectivity index is 1.58. The highest BCUT2D eigenvalue weighted by Gasteiger charge is 2.48. The molecule has 2 unspecified atom stereocenters. The monoisotopic (exact) mass is 508 g/mol. The van der Waals surface area contributed by atoms with E-state index in [2.05, 4.69) is 0 Å². The predicted molar refractivity (Wildman–Crippen MR) is 128 cm³/mol. The van der Waals surface area contributed by atoms with Gasteiger partial charge in [-0.25, -0.2) is 13.6 Å². The van der Waals surface area contributed by atoms with Crippen molar-refractivity contribution in [2.75, 3.05) is 26.1 Å². The number of hydrogen-bond donors (Lipinski definition) is 0. The van der Waals surface area contributed by atoms with E-state index in [1.165, 1.54) is 11.8 Å². The molecule has 0 N–H and O–H groups in total. The number of ether oxygens (including phenoxy) is 3. The standard InChI is InChI=1S/C25H30F2N2O5S/c1-15-14-35-23-21(15)22(30)29(16-11-25(26,27)12-16)24(31)28(23)13-20(34-17-7-9-33-10-8-17)18-5-3-4-6-19(18)32-2/h3-6,15-17,20H,7-14H2,1-2H3. The van der Waals surface area contributed by atoms with Crippen LogP contribution in [-0.4, -0.2) is 47.2 Å². The van der Waals surface area contributed by atoms with E-state index in [4.69, 9.17) is 14.2 Å². The maximum atomic E-state index is 13.7. The molecule has 1 aromatic carbocycles. The Labute approximate surface area is 206 Å². The fourth-order valence-electron chi connectivity index (χ4n) is 5.19. The van der Waals surface area contributed by atoms with Crippen molar-refractivity contribution in [3.05, 3.63) is 56.2 Å². The van der Waals surface area contributed by atoms with Gasteiger partial charge >= 0.3 is 5.69 Å². The highest BCUT2D eigenvalue weighted by molar-refractivity contribution is 7.99. The summed E-state index contributed by atoms with van der Waals surface area (Å²) in [7, 11) is 1.59. The summed E-state index contributed by atoms with van der Waals surface area (Å²) in [5.74, 6) is -1.61. The summed E-state index contributed by atoms with van der Waals surface area (Å²) in [5, 5.41) is 0.616. The highest BCUT2D eigenvalue weighted by atomic mass is 32.2. The van der Waals surface area contributed by atoms with Crippen molar-refractivity contribution in [1.82, 2.24) is 9.13 Å². The van der Waals surface area contributed by atoms with Crippen LogP contribution in [-0.2, 0) is 16.0 Å². The van der Waals surface area contributed by atoms with Gasteiger partial charge in [-0.05, 0) is 24.8 Å². The molecule has 0 amide bonds. The molecule has 3 heterocycles. The van der Waals surface area contributed by atoms with Gasteiger partial charge in [-0.1, -0.05) is 25.1 Å². The second-order valence-electron chi connectivity index (χ2n) is 9.60. The number of thioether (sulfide) groups is 1. The zero-order chi connectivity index (χ0) is 24.7. The SMILES string of the molecule is COc1ccccc1C(Cn1c2c(c(=O)n(C3CC(F)(F)C3)c1=O)C(C)CS2)OC1CCOCC1. The molecule has 1 aromatic heterocycles. The van der Waals surface area contributed by atoms with Gasteiger partial charge < -0.3 is 14.2 Å². The number of benzene rings is 1. The van der Waals surface area contributed by atoms with Crippen molar-refractivity contribution in [1.29, 1.82) is 0 Å². The normalized spacial score (nSPS) is 23.0. The lowest BCUT2D eigenvalue weighted by atomic mass is 9.88. The van der Waals surface area contributed by atoms with Crippen molar-refractivity contribution < 1.29 is 23.0 Å². The summed E-state index contributed by atoms with van der Waals surface area (Å²) >= 11 is 1.46. The third-order valence-electron chi connectivity index (χ3n) is 7.12. The highest BCUT2D eigenvalue weighted by Crippen LogP contribution is 2.45. The first-order chi connectivity index (χ1) is 16.8. The Morgan fingerprint density at radius 1 is 1.20 bits per heavy atom. The number of rotatable bonds is 7. The minimum Gasteiger partial charge on any atom is -0.496 e. The number of aromatic nitrogens is 2. The molecule has 7 nitrogen and oxygen atoms in total. The first kappa shape index (κ1) is 24.5. The average Bonchev–Trinajstić information content (AvgIpc) is 3.22. The molecule has 0 spiro atoms. The predicted octanol–water partition coefficient (Wildman–Crippen LogP) is 4.13. The lowest BCUT2D eigenvalue weighted by Gasteiger charge is -2.36. The topological polar surface area (TPSA) is 71.7 Å². The smallest absolute Gasteiger partial charge is 0.332 e. The van der Waals surface area contributed by atoms with Crippen LogP contribution in [0.15, 0.2) is 38.9 Å². The molecular weight excluding hydrogens is 478 g/mol. The number of nitrogens with zero attached hydrogens (tertiary/aromatic N) is 2. The van der Waals surface area contributed by atoms with Crippen molar-refractivity contribution in [3.63, 3.8) is 0 Å². The van der Waals surface area contributed by atoms with Gasteiger partial charge in [0.15, 0.2) is 0 Å². The van der Waals surface area contributed by atoms with Gasteiger partial charge in [0, 0.05) is 37.4 Å². The van der Waals surface area contributed by atoms with Crippen molar-refractivity contribution in [3.8, 4) is 5.75 Å². The number of hydrogen-bond acceptors (Lipinski definition) is 6. The summed E-state index contributed by atoms with van der Waals surface area (Å²) in [5.41, 5.74) is 0.352. The van der Waals surface area contributed by atoms with E-state index in [9.17, 15) is 18.4 Å². The minimum atomic E-state index is -2.84. The molecule has 10 heteroatoms. The molecule has 0 bridgehead atoms. The van der Waals surface area contributed by atoms with E-state index in [1.807, 2.05) is 31.2 Å². The number of halogens is 2. The van der Waals surface area contributed by atoms with Crippen LogP contribution in [0.3, 0.4) is 0 Å². The van der Waals surface area contributed by atoms with Crippen LogP contribution in [0.25, 0.3) is 0 Å². The van der Waals surface area contributed by atoms with E-state index >= 15 is 0 Å². The van der Waals surface area contributed by atoms with Crippen molar-refractivity contribution >= 4 is 11.8 Å². The molecule has 1 saturated heterocycles. The number of fused-ring (bicyclic) bond motifs is 1. The molecular formula is C25H30F2N2O5S. The maximum absolute atomic E-state index is 13.7. The van der Waals surface area contributed by atoms with Crippen LogP contribution in [0, 0.1) is 0 Å². The van der Waals surface area contributed by atoms with Gasteiger partial charge in [-0.3, -0.25) is 13.9 Å². The largest absolute Gasteiger partial charge is 0.496 e. The number of methoxy groups -OCH3 is 1. The number of para-hydroxylation sites is 1. The lowest BCUT2D eigenvalue weighted by molar-refractivity contribution is -0.106. The molecule has 3 aliphatic rings. The maximum Gasteiger partial charge on any atom is 0.332 e. The van der Waals surface area contributed by atoms with Gasteiger partial charge in [0.05, 0.1) is 36.4 Å². The first-order valence-electron chi connectivity index (χ1n) is 12.0. The van der Waals surface area contributed by atoms with Gasteiger partial charge in [0.2, 0.25) is 0 Å². The van der Waals surface area contributed by atoms with Gasteiger partial charge in [-0.15, -0.1) is 11.8 Å². The third-order valence-corrected chi connectivity index (χ3v) is 8.50. The first-order valence-corrected chi connectivity index (χ1v) is 13.0. The van der Waals surface area contributed by atoms with E-state index in [1.54, 1.807) is 11.7 Å². The van der Waals surface area contributed by atoms with E-state index < -0.39 is 42.2 Å². The van der Waals surface area contributed by atoms with Gasteiger partial charge in [0.1, 0.15) is 11.9 Å². The Hall–Kier alpha value is -2.17. The average molecular weight is 509 g/mol. The Morgan fingerprint density at radius 3 is 2.60 bits per heavy atom. The molecule has 35 heavy (non-hydrogen) atoms. The van der Waals surface area contributed by atoms with Crippen LogP contribution < -0.4 is 16.0 Å². The van der Waals surface area contributed by atoms with Crippen molar-refractivity contribution in [2.45, 2.75) is 74.3 Å². The minimum absolute atomic E-state index is 0.0507. The third kappa shape index (κ3) is 4.68. The molecule has 2 aromatic rings. The molecule has 5 rings (SSSR count). The Bertz CT molecular complexity index is 1200. The van der Waals surface area contributed by atoms with Gasteiger partial charge in [-0.2, -0.15) is 0 Å². The Kier molecular flexibility index (Phi) is 6.80. The molecule has 2 atom stereocenters. The van der Waals surface area contributed by atoms with E-state index in [0.717, 1.165) is 23.0 Å². The second-order valence-corrected chi connectivity index (χ2v) is 10.6. The van der Waals surface area contributed by atoms with Gasteiger partial charge in [0.25, 0.3) is 11.5 Å². The molecule has 0 radical (unpaired) electrons. The molecule has 2 aliphatic heterocycles. The molecule has 190 valence electrons. The fourth-order valence-corrected chi connectivity index (χ4v) is 6.51. The quantitative estimate of drug-likeness (QED) is 0.524. The van der Waals surface area contributed by atoms with Crippen LogP contribution in [0.5, 0.6) is 5.75 Å². The zero-order valence-corrected chi connectivity index (χ0v) is 20.7. The summed E-state index contributed by atoms with van der Waals surface area (Å²) < 4.78 is 47.6. The number of alkyl halides is 2. The molecule has 2 fully saturated rings. The zero-order valence-electron chi connectivity index (χ0n) is 19.9. The van der Waals surface area contributed by atoms with Crippen molar-refractivity contribution in [2.24, 2.45) is 0 Å².